The van der Waals surface area contributed by atoms with Gasteiger partial charge in [-0.05, 0) is 6.42 Å². The largest absolute Gasteiger partial charge is 0.481 e. The van der Waals surface area contributed by atoms with Gasteiger partial charge in [0.05, 0.1) is 25.2 Å². The van der Waals surface area contributed by atoms with Crippen molar-refractivity contribution in [1.82, 2.24) is 10.6 Å². The number of carboxylic acids is 1. The summed E-state index contributed by atoms with van der Waals surface area (Å²) in [6.07, 6.45) is 0.0756. The molecule has 2 amide bonds. The number of carbonyl (C=O) groups is 2. The van der Waals surface area contributed by atoms with Crippen molar-refractivity contribution < 1.29 is 24.2 Å². The first kappa shape index (κ1) is 16.7. The number of ether oxygens (including phenoxy) is 2. The third-order valence-corrected chi connectivity index (χ3v) is 2.42. The Bertz CT molecular complexity index is 260. The van der Waals surface area contributed by atoms with Crippen molar-refractivity contribution in [3.63, 3.8) is 0 Å². The van der Waals surface area contributed by atoms with E-state index in [1.54, 1.807) is 7.11 Å². The number of aliphatic carboxylic acids is 1. The molecule has 0 saturated heterocycles. The number of urea groups is 1. The summed E-state index contributed by atoms with van der Waals surface area (Å²) >= 11 is 0. The van der Waals surface area contributed by atoms with Gasteiger partial charge in [0.1, 0.15) is 0 Å². The van der Waals surface area contributed by atoms with Crippen molar-refractivity contribution in [1.29, 1.82) is 0 Å². The molecule has 0 aliphatic carbocycles. The summed E-state index contributed by atoms with van der Waals surface area (Å²) in [7, 11) is 2.98. The van der Waals surface area contributed by atoms with Gasteiger partial charge in [0.2, 0.25) is 0 Å². The summed E-state index contributed by atoms with van der Waals surface area (Å²) in [4.78, 5) is 22.0. The standard InChI is InChI=1S/C11H22N2O5/c1-4-8(7-17-2)13-11(16)12-6-9(18-3)5-10(14)15/h8-9H,4-7H2,1-3H3,(H,14,15)(H2,12,13,16). The van der Waals surface area contributed by atoms with Crippen LogP contribution >= 0.6 is 0 Å². The van der Waals surface area contributed by atoms with Crippen LogP contribution in [0.4, 0.5) is 4.79 Å². The average molecular weight is 262 g/mol. The maximum Gasteiger partial charge on any atom is 0.315 e. The molecular weight excluding hydrogens is 240 g/mol. The van der Waals surface area contributed by atoms with Gasteiger partial charge in [-0.2, -0.15) is 0 Å². The van der Waals surface area contributed by atoms with E-state index in [1.165, 1.54) is 7.11 Å². The first-order valence-electron chi connectivity index (χ1n) is 5.81. The molecule has 7 nitrogen and oxygen atoms in total. The van der Waals surface area contributed by atoms with Crippen LogP contribution in [0.1, 0.15) is 19.8 Å². The lowest BCUT2D eigenvalue weighted by atomic mass is 10.2. The molecule has 0 spiro atoms. The zero-order valence-electron chi connectivity index (χ0n) is 11.1. The van der Waals surface area contributed by atoms with Crippen LogP contribution in [0.2, 0.25) is 0 Å². The van der Waals surface area contributed by atoms with Crippen molar-refractivity contribution in [3.05, 3.63) is 0 Å². The molecule has 0 aliphatic heterocycles. The van der Waals surface area contributed by atoms with Crippen molar-refractivity contribution in [2.45, 2.75) is 31.9 Å². The van der Waals surface area contributed by atoms with E-state index in [1.807, 2.05) is 6.92 Å². The SMILES string of the molecule is CCC(COC)NC(=O)NCC(CC(=O)O)OC. The summed E-state index contributed by atoms with van der Waals surface area (Å²) in [6, 6.07) is -0.415. The van der Waals surface area contributed by atoms with Gasteiger partial charge >= 0.3 is 12.0 Å². The second-order valence-corrected chi connectivity index (χ2v) is 3.87. The molecular formula is C11H22N2O5. The molecule has 106 valence electrons. The van der Waals surface area contributed by atoms with Gasteiger partial charge in [-0.3, -0.25) is 4.79 Å². The van der Waals surface area contributed by atoms with Crippen molar-refractivity contribution in [3.8, 4) is 0 Å². The Hall–Kier alpha value is -1.34. The molecule has 0 radical (unpaired) electrons. The molecule has 0 aromatic carbocycles. The Morgan fingerprint density at radius 2 is 2.00 bits per heavy atom. The minimum absolute atomic E-state index is 0.0598. The highest BCUT2D eigenvalue weighted by Crippen LogP contribution is 1.96. The predicted molar refractivity (Wildman–Crippen MR) is 65.5 cm³/mol. The van der Waals surface area contributed by atoms with Gasteiger partial charge in [0.25, 0.3) is 0 Å². The number of amides is 2. The normalized spacial score (nSPS) is 13.7. The van der Waals surface area contributed by atoms with Gasteiger partial charge in [0.15, 0.2) is 0 Å². The first-order chi connectivity index (χ1) is 8.53. The summed E-state index contributed by atoms with van der Waals surface area (Å²) in [5.74, 6) is -0.963. The van der Waals surface area contributed by atoms with Crippen LogP contribution in [0, 0.1) is 0 Å². The Kier molecular flexibility index (Phi) is 8.95. The van der Waals surface area contributed by atoms with E-state index in [2.05, 4.69) is 10.6 Å². The predicted octanol–water partition coefficient (Wildman–Crippen LogP) is 0.200. The summed E-state index contributed by atoms with van der Waals surface area (Å²) in [5, 5.41) is 13.9. The zero-order valence-corrected chi connectivity index (χ0v) is 11.1. The molecule has 18 heavy (non-hydrogen) atoms. The number of rotatable bonds is 9. The Morgan fingerprint density at radius 3 is 2.44 bits per heavy atom. The lowest BCUT2D eigenvalue weighted by molar-refractivity contribution is -0.139. The number of carboxylic acid groups (broad SMARTS) is 1. The number of carbonyl (C=O) groups excluding carboxylic acids is 1. The second-order valence-electron chi connectivity index (χ2n) is 3.87. The molecule has 7 heteroatoms. The molecule has 2 atom stereocenters. The highest BCUT2D eigenvalue weighted by molar-refractivity contribution is 5.74. The highest BCUT2D eigenvalue weighted by atomic mass is 16.5. The maximum atomic E-state index is 11.5. The van der Waals surface area contributed by atoms with Crippen LogP contribution in [0.15, 0.2) is 0 Å². The third kappa shape index (κ3) is 7.86. The topological polar surface area (TPSA) is 96.9 Å². The number of hydrogen-bond donors (Lipinski definition) is 3. The van der Waals surface area contributed by atoms with E-state index in [9.17, 15) is 9.59 Å². The second kappa shape index (κ2) is 9.67. The van der Waals surface area contributed by atoms with Gasteiger partial charge < -0.3 is 25.2 Å². The van der Waals surface area contributed by atoms with E-state index >= 15 is 0 Å². The molecule has 3 N–H and O–H groups in total. The monoisotopic (exact) mass is 262 g/mol. The fourth-order valence-electron chi connectivity index (χ4n) is 1.34. The molecule has 0 aromatic rings. The molecule has 2 unspecified atom stereocenters. The molecule has 0 fully saturated rings. The molecule has 0 aliphatic rings. The van der Waals surface area contributed by atoms with Gasteiger partial charge in [-0.1, -0.05) is 6.92 Å². The molecule has 0 aromatic heterocycles. The minimum Gasteiger partial charge on any atom is -0.481 e. The molecule has 0 bridgehead atoms. The van der Waals surface area contributed by atoms with E-state index in [0.29, 0.717) is 6.61 Å². The third-order valence-electron chi connectivity index (χ3n) is 2.42. The molecule has 0 saturated carbocycles. The van der Waals surface area contributed by atoms with Crippen molar-refractivity contribution in [2.24, 2.45) is 0 Å². The fourth-order valence-corrected chi connectivity index (χ4v) is 1.34. The molecule has 0 rings (SSSR count). The van der Waals surface area contributed by atoms with Gasteiger partial charge in [-0.25, -0.2) is 4.79 Å². The van der Waals surface area contributed by atoms with Gasteiger partial charge in [-0.15, -0.1) is 0 Å². The Labute approximate surface area is 107 Å². The lowest BCUT2D eigenvalue weighted by Crippen LogP contribution is -2.46. The van der Waals surface area contributed by atoms with E-state index in [4.69, 9.17) is 14.6 Å². The quantitative estimate of drug-likeness (QED) is 0.551. The zero-order chi connectivity index (χ0) is 14.0. The van der Waals surface area contributed by atoms with Crippen molar-refractivity contribution >= 4 is 12.0 Å². The van der Waals surface area contributed by atoms with Crippen LogP contribution in [0.25, 0.3) is 0 Å². The highest BCUT2D eigenvalue weighted by Gasteiger charge is 2.15. The van der Waals surface area contributed by atoms with Crippen LogP contribution in [0.5, 0.6) is 0 Å². The molecule has 0 heterocycles. The van der Waals surface area contributed by atoms with Crippen LogP contribution < -0.4 is 10.6 Å². The van der Waals surface area contributed by atoms with Crippen LogP contribution in [-0.4, -0.2) is 56.6 Å². The summed E-state index contributed by atoms with van der Waals surface area (Å²) < 4.78 is 9.89. The Morgan fingerprint density at radius 1 is 1.33 bits per heavy atom. The average Bonchev–Trinajstić information content (AvgIpc) is 2.33. The van der Waals surface area contributed by atoms with E-state index in [0.717, 1.165) is 6.42 Å². The van der Waals surface area contributed by atoms with Crippen molar-refractivity contribution in [2.75, 3.05) is 27.4 Å². The van der Waals surface area contributed by atoms with E-state index < -0.39 is 12.1 Å². The number of hydrogen-bond acceptors (Lipinski definition) is 4. The Balaban J connectivity index is 3.96. The number of methoxy groups -OCH3 is 2. The lowest BCUT2D eigenvalue weighted by Gasteiger charge is -2.18. The maximum absolute atomic E-state index is 11.5. The summed E-state index contributed by atoms with van der Waals surface area (Å²) in [5.41, 5.74) is 0. The smallest absolute Gasteiger partial charge is 0.315 e. The number of nitrogens with one attached hydrogen (secondary N) is 2. The fraction of sp³-hybridized carbons (Fsp3) is 0.818. The van der Waals surface area contributed by atoms with Gasteiger partial charge in [0, 0.05) is 20.8 Å². The van der Waals surface area contributed by atoms with E-state index in [-0.39, 0.29) is 25.0 Å². The minimum atomic E-state index is -0.963. The van der Waals surface area contributed by atoms with Crippen LogP contribution in [0.3, 0.4) is 0 Å². The first-order valence-corrected chi connectivity index (χ1v) is 5.81. The summed E-state index contributed by atoms with van der Waals surface area (Å²) in [6.45, 7) is 2.52. The van der Waals surface area contributed by atoms with Crippen LogP contribution in [-0.2, 0) is 14.3 Å².